The van der Waals surface area contributed by atoms with Crippen molar-refractivity contribution in [3.63, 3.8) is 0 Å². The summed E-state index contributed by atoms with van der Waals surface area (Å²) in [7, 11) is 0. The molecule has 5 nitrogen and oxygen atoms in total. The monoisotopic (exact) mass is 419 g/mol. The molecule has 6 heteroatoms. The van der Waals surface area contributed by atoms with Crippen molar-refractivity contribution in [2.45, 2.75) is 26.0 Å². The molecule has 0 aliphatic carbocycles. The molecule has 0 heterocycles. The highest BCUT2D eigenvalue weighted by Gasteiger charge is 2.21. The van der Waals surface area contributed by atoms with E-state index in [0.717, 1.165) is 5.56 Å². The number of carbonyl (C=O) groups is 3. The first-order valence-corrected chi connectivity index (χ1v) is 9.82. The molecule has 0 spiro atoms. The Labute approximate surface area is 179 Å². The molecule has 3 rings (SSSR count). The van der Waals surface area contributed by atoms with Gasteiger partial charge >= 0.3 is 5.97 Å². The van der Waals surface area contributed by atoms with Gasteiger partial charge in [-0.05, 0) is 43.7 Å². The van der Waals surface area contributed by atoms with Gasteiger partial charge in [0.15, 0.2) is 11.9 Å². The van der Waals surface area contributed by atoms with Crippen LogP contribution in [0.15, 0.2) is 78.9 Å². The second-order valence-electron chi connectivity index (χ2n) is 7.10. The van der Waals surface area contributed by atoms with Crippen molar-refractivity contribution in [2.24, 2.45) is 0 Å². The fourth-order valence-corrected chi connectivity index (χ4v) is 2.96. The van der Waals surface area contributed by atoms with Gasteiger partial charge in [-0.25, -0.2) is 9.18 Å². The van der Waals surface area contributed by atoms with Crippen LogP contribution in [0.2, 0.25) is 0 Å². The molecule has 31 heavy (non-hydrogen) atoms. The summed E-state index contributed by atoms with van der Waals surface area (Å²) in [5.74, 6) is -1.65. The molecule has 0 unspecified atom stereocenters. The van der Waals surface area contributed by atoms with Crippen molar-refractivity contribution >= 4 is 17.7 Å². The molecular formula is C25H22FNO4. The van der Waals surface area contributed by atoms with Crippen LogP contribution >= 0.6 is 0 Å². The van der Waals surface area contributed by atoms with Crippen molar-refractivity contribution < 1.29 is 23.5 Å². The number of hydrogen-bond acceptors (Lipinski definition) is 4. The fourth-order valence-electron chi connectivity index (χ4n) is 2.96. The molecule has 0 aromatic heterocycles. The normalized spacial score (nSPS) is 12.5. The van der Waals surface area contributed by atoms with Crippen LogP contribution in [0.3, 0.4) is 0 Å². The molecule has 0 fully saturated rings. The van der Waals surface area contributed by atoms with E-state index in [1.807, 2.05) is 6.07 Å². The van der Waals surface area contributed by atoms with Crippen LogP contribution in [0.1, 0.15) is 51.7 Å². The molecule has 0 radical (unpaired) electrons. The van der Waals surface area contributed by atoms with Crippen LogP contribution in [-0.2, 0) is 9.53 Å². The SMILES string of the molecule is C[C@H](NC(=O)[C@@H](C)OC(=O)c1ccc(C(=O)c2ccccc2)cc1)c1ccc(F)cc1. The largest absolute Gasteiger partial charge is 0.449 e. The van der Waals surface area contributed by atoms with E-state index in [9.17, 15) is 18.8 Å². The summed E-state index contributed by atoms with van der Waals surface area (Å²) in [6, 6.07) is 20.3. The number of rotatable bonds is 7. The smallest absolute Gasteiger partial charge is 0.338 e. The first-order chi connectivity index (χ1) is 14.8. The van der Waals surface area contributed by atoms with E-state index in [4.69, 9.17) is 4.74 Å². The number of carbonyl (C=O) groups excluding carboxylic acids is 3. The quantitative estimate of drug-likeness (QED) is 0.453. The Morgan fingerprint density at radius 2 is 1.32 bits per heavy atom. The molecule has 0 aliphatic heterocycles. The van der Waals surface area contributed by atoms with E-state index in [1.165, 1.54) is 31.2 Å². The maximum Gasteiger partial charge on any atom is 0.338 e. The number of halogens is 1. The van der Waals surface area contributed by atoms with Crippen molar-refractivity contribution in [2.75, 3.05) is 0 Å². The third kappa shape index (κ3) is 5.63. The van der Waals surface area contributed by atoms with Gasteiger partial charge in [-0.1, -0.05) is 54.6 Å². The first kappa shape index (κ1) is 21.9. The zero-order valence-corrected chi connectivity index (χ0v) is 17.2. The molecule has 1 amide bonds. The fraction of sp³-hybridized carbons (Fsp3) is 0.160. The van der Waals surface area contributed by atoms with Gasteiger partial charge in [-0.15, -0.1) is 0 Å². The van der Waals surface area contributed by atoms with Gasteiger partial charge < -0.3 is 10.1 Å². The van der Waals surface area contributed by atoms with Gasteiger partial charge in [-0.3, -0.25) is 9.59 Å². The summed E-state index contributed by atoms with van der Waals surface area (Å²) in [6.07, 6.45) is -1.03. The summed E-state index contributed by atoms with van der Waals surface area (Å²) in [4.78, 5) is 37.2. The van der Waals surface area contributed by atoms with E-state index in [-0.39, 0.29) is 23.2 Å². The van der Waals surface area contributed by atoms with Crippen LogP contribution in [0.25, 0.3) is 0 Å². The Balaban J connectivity index is 1.58. The topological polar surface area (TPSA) is 72.5 Å². The number of ketones is 1. The molecule has 1 N–H and O–H groups in total. The summed E-state index contributed by atoms with van der Waals surface area (Å²) in [5, 5.41) is 2.73. The number of nitrogens with one attached hydrogen (secondary N) is 1. The number of benzene rings is 3. The number of esters is 1. The van der Waals surface area contributed by atoms with Crippen molar-refractivity contribution in [1.82, 2.24) is 5.32 Å². The highest BCUT2D eigenvalue weighted by molar-refractivity contribution is 6.09. The summed E-state index contributed by atoms with van der Waals surface area (Å²) in [5.41, 5.74) is 1.96. The standard InChI is InChI=1S/C25H22FNO4/c1-16(18-12-14-22(26)15-13-18)27-24(29)17(2)31-25(30)21-10-8-20(9-11-21)23(28)19-6-4-3-5-7-19/h3-17H,1-2H3,(H,27,29)/t16-,17+/m0/s1. The Bertz CT molecular complexity index is 1060. The molecule has 0 bridgehead atoms. The molecule has 2 atom stereocenters. The van der Waals surface area contributed by atoms with Crippen LogP contribution < -0.4 is 5.32 Å². The van der Waals surface area contributed by atoms with E-state index >= 15 is 0 Å². The molecule has 0 saturated carbocycles. The van der Waals surface area contributed by atoms with Gasteiger partial charge in [0, 0.05) is 11.1 Å². The molecule has 3 aromatic carbocycles. The lowest BCUT2D eigenvalue weighted by Gasteiger charge is -2.18. The Morgan fingerprint density at radius 1 is 0.774 bits per heavy atom. The zero-order valence-electron chi connectivity index (χ0n) is 17.2. The Kier molecular flexibility index (Phi) is 6.92. The van der Waals surface area contributed by atoms with Gasteiger partial charge in [0.05, 0.1) is 11.6 Å². The van der Waals surface area contributed by atoms with Gasteiger partial charge in [0.1, 0.15) is 5.82 Å². The lowest BCUT2D eigenvalue weighted by Crippen LogP contribution is -2.37. The number of hydrogen-bond donors (Lipinski definition) is 1. The van der Waals surface area contributed by atoms with Crippen LogP contribution in [0, 0.1) is 5.82 Å². The second-order valence-corrected chi connectivity index (χ2v) is 7.10. The van der Waals surface area contributed by atoms with Crippen LogP contribution in [0.5, 0.6) is 0 Å². The first-order valence-electron chi connectivity index (χ1n) is 9.82. The molecule has 0 aliphatic rings. The molecule has 3 aromatic rings. The third-order valence-electron chi connectivity index (χ3n) is 4.80. The highest BCUT2D eigenvalue weighted by atomic mass is 19.1. The van der Waals surface area contributed by atoms with Crippen LogP contribution in [0.4, 0.5) is 4.39 Å². The number of amides is 1. The average Bonchev–Trinajstić information content (AvgIpc) is 2.79. The van der Waals surface area contributed by atoms with Crippen molar-refractivity contribution in [3.05, 3.63) is 107 Å². The minimum absolute atomic E-state index is 0.150. The number of ether oxygens (including phenoxy) is 1. The van der Waals surface area contributed by atoms with Crippen molar-refractivity contribution in [3.8, 4) is 0 Å². The minimum Gasteiger partial charge on any atom is -0.449 e. The third-order valence-corrected chi connectivity index (χ3v) is 4.80. The van der Waals surface area contributed by atoms with Gasteiger partial charge in [-0.2, -0.15) is 0 Å². The average molecular weight is 419 g/mol. The maximum atomic E-state index is 13.0. The molecule has 0 saturated heterocycles. The van der Waals surface area contributed by atoms with Crippen molar-refractivity contribution in [1.29, 1.82) is 0 Å². The highest BCUT2D eigenvalue weighted by Crippen LogP contribution is 2.15. The predicted molar refractivity (Wildman–Crippen MR) is 114 cm³/mol. The lowest BCUT2D eigenvalue weighted by atomic mass is 10.0. The lowest BCUT2D eigenvalue weighted by molar-refractivity contribution is -0.129. The minimum atomic E-state index is -1.03. The predicted octanol–water partition coefficient (Wildman–Crippen LogP) is 4.48. The molecular weight excluding hydrogens is 397 g/mol. The Hall–Kier alpha value is -3.80. The molecule has 158 valence electrons. The van der Waals surface area contributed by atoms with Gasteiger partial charge in [0.2, 0.25) is 0 Å². The van der Waals surface area contributed by atoms with E-state index in [2.05, 4.69) is 5.32 Å². The Morgan fingerprint density at radius 3 is 1.94 bits per heavy atom. The summed E-state index contributed by atoms with van der Waals surface area (Å²) < 4.78 is 18.3. The summed E-state index contributed by atoms with van der Waals surface area (Å²) >= 11 is 0. The van der Waals surface area contributed by atoms with E-state index in [1.54, 1.807) is 55.5 Å². The summed E-state index contributed by atoms with van der Waals surface area (Å²) in [6.45, 7) is 3.22. The van der Waals surface area contributed by atoms with Gasteiger partial charge in [0.25, 0.3) is 5.91 Å². The van der Waals surface area contributed by atoms with E-state index < -0.39 is 18.0 Å². The van der Waals surface area contributed by atoms with E-state index in [0.29, 0.717) is 11.1 Å². The maximum absolute atomic E-state index is 13.0. The second kappa shape index (κ2) is 9.80. The zero-order chi connectivity index (χ0) is 22.4. The van der Waals surface area contributed by atoms with Crippen LogP contribution in [-0.4, -0.2) is 23.8 Å².